The molecule has 2 rings (SSSR count). The zero-order valence-corrected chi connectivity index (χ0v) is 13.3. The number of hydrogen-bond acceptors (Lipinski definition) is 2. The van der Waals surface area contributed by atoms with E-state index in [1.807, 2.05) is 6.26 Å². The summed E-state index contributed by atoms with van der Waals surface area (Å²) in [7, 11) is 0. The molecule has 1 N–H and O–H groups in total. The minimum absolute atomic E-state index is 0.274. The van der Waals surface area contributed by atoms with Crippen LogP contribution in [0.5, 0.6) is 0 Å². The van der Waals surface area contributed by atoms with E-state index in [1.165, 1.54) is 16.7 Å². The molecule has 19 heavy (non-hydrogen) atoms. The van der Waals surface area contributed by atoms with Gasteiger partial charge in [-0.3, -0.25) is 0 Å². The predicted molar refractivity (Wildman–Crippen MR) is 83.2 cm³/mol. The van der Waals surface area contributed by atoms with Crippen molar-refractivity contribution >= 4 is 15.9 Å². The molecule has 0 amide bonds. The standard InChI is InChI=1S/C16H22BrNO/c1-3-6-18-16(13-5-4-7-19-11-13)14-8-12(2)9-15(17)10-14/h8-11,16,18H,3-7H2,1-2H3. The van der Waals surface area contributed by atoms with Gasteiger partial charge in [-0.25, -0.2) is 0 Å². The molecule has 0 saturated carbocycles. The topological polar surface area (TPSA) is 21.3 Å². The SMILES string of the molecule is CCCNC(C1=COCCC1)c1cc(C)cc(Br)c1. The Labute approximate surface area is 124 Å². The van der Waals surface area contributed by atoms with Crippen LogP contribution in [-0.4, -0.2) is 13.2 Å². The maximum atomic E-state index is 5.51. The molecule has 0 spiro atoms. The summed E-state index contributed by atoms with van der Waals surface area (Å²) in [5.41, 5.74) is 3.96. The summed E-state index contributed by atoms with van der Waals surface area (Å²) in [6.45, 7) is 6.20. The highest BCUT2D eigenvalue weighted by molar-refractivity contribution is 9.10. The first-order chi connectivity index (χ1) is 9.20. The van der Waals surface area contributed by atoms with Gasteiger partial charge in [0.15, 0.2) is 0 Å². The molecule has 0 bridgehead atoms. The maximum Gasteiger partial charge on any atom is 0.0876 e. The molecule has 104 valence electrons. The van der Waals surface area contributed by atoms with Crippen LogP contribution in [0.4, 0.5) is 0 Å². The second-order valence-corrected chi connectivity index (χ2v) is 6.03. The summed E-state index contributed by atoms with van der Waals surface area (Å²) < 4.78 is 6.65. The van der Waals surface area contributed by atoms with Gasteiger partial charge in [-0.05, 0) is 61.6 Å². The normalized spacial score (nSPS) is 16.7. The van der Waals surface area contributed by atoms with E-state index in [2.05, 4.69) is 53.3 Å². The molecule has 0 aliphatic carbocycles. The van der Waals surface area contributed by atoms with Crippen LogP contribution in [0.25, 0.3) is 0 Å². The lowest BCUT2D eigenvalue weighted by molar-refractivity contribution is 0.219. The molecule has 0 aromatic heterocycles. The Hall–Kier alpha value is -0.800. The Kier molecular flexibility index (Phi) is 5.46. The van der Waals surface area contributed by atoms with Crippen LogP contribution in [0.2, 0.25) is 0 Å². The van der Waals surface area contributed by atoms with Gasteiger partial charge in [0.25, 0.3) is 0 Å². The summed E-state index contributed by atoms with van der Waals surface area (Å²) in [5, 5.41) is 3.64. The van der Waals surface area contributed by atoms with E-state index in [0.29, 0.717) is 0 Å². The van der Waals surface area contributed by atoms with Crippen molar-refractivity contribution in [2.24, 2.45) is 0 Å². The Morgan fingerprint density at radius 2 is 2.21 bits per heavy atom. The van der Waals surface area contributed by atoms with Crippen molar-refractivity contribution in [2.45, 2.75) is 39.2 Å². The van der Waals surface area contributed by atoms with Crippen molar-refractivity contribution in [3.8, 4) is 0 Å². The van der Waals surface area contributed by atoms with Crippen LogP contribution in [0.1, 0.15) is 43.4 Å². The maximum absolute atomic E-state index is 5.51. The fourth-order valence-electron chi connectivity index (χ4n) is 2.48. The zero-order valence-electron chi connectivity index (χ0n) is 11.7. The molecule has 1 heterocycles. The number of aryl methyl sites for hydroxylation is 1. The van der Waals surface area contributed by atoms with Gasteiger partial charge in [-0.2, -0.15) is 0 Å². The van der Waals surface area contributed by atoms with Crippen LogP contribution in [-0.2, 0) is 4.74 Å². The van der Waals surface area contributed by atoms with Crippen molar-refractivity contribution in [1.82, 2.24) is 5.32 Å². The van der Waals surface area contributed by atoms with Crippen molar-refractivity contribution in [2.75, 3.05) is 13.2 Å². The first kappa shape index (κ1) is 14.6. The molecule has 1 unspecified atom stereocenters. The van der Waals surface area contributed by atoms with Gasteiger partial charge in [0, 0.05) is 4.47 Å². The van der Waals surface area contributed by atoms with Crippen molar-refractivity contribution in [3.63, 3.8) is 0 Å². The minimum Gasteiger partial charge on any atom is -0.501 e. The molecule has 2 nitrogen and oxygen atoms in total. The smallest absolute Gasteiger partial charge is 0.0876 e. The largest absolute Gasteiger partial charge is 0.501 e. The lowest BCUT2D eigenvalue weighted by atomic mass is 9.94. The van der Waals surface area contributed by atoms with Gasteiger partial charge in [-0.15, -0.1) is 0 Å². The number of hydrogen-bond donors (Lipinski definition) is 1. The third-order valence-electron chi connectivity index (χ3n) is 3.33. The summed E-state index contributed by atoms with van der Waals surface area (Å²) in [6, 6.07) is 6.88. The molecule has 0 saturated heterocycles. The van der Waals surface area contributed by atoms with Crippen molar-refractivity contribution in [1.29, 1.82) is 0 Å². The van der Waals surface area contributed by atoms with Crippen LogP contribution in [0.15, 0.2) is 34.5 Å². The fraction of sp³-hybridized carbons (Fsp3) is 0.500. The van der Waals surface area contributed by atoms with E-state index in [1.54, 1.807) is 0 Å². The first-order valence-corrected chi connectivity index (χ1v) is 7.81. The molecule has 1 aliphatic rings. The van der Waals surface area contributed by atoms with Gasteiger partial charge in [0.2, 0.25) is 0 Å². The van der Waals surface area contributed by atoms with E-state index in [-0.39, 0.29) is 6.04 Å². The first-order valence-electron chi connectivity index (χ1n) is 7.01. The van der Waals surface area contributed by atoms with Crippen LogP contribution < -0.4 is 5.32 Å². The Bertz CT molecular complexity index is 436. The van der Waals surface area contributed by atoms with Crippen molar-refractivity contribution in [3.05, 3.63) is 45.6 Å². The van der Waals surface area contributed by atoms with E-state index in [0.717, 1.165) is 36.9 Å². The highest BCUT2D eigenvalue weighted by atomic mass is 79.9. The zero-order chi connectivity index (χ0) is 13.7. The Balaban J connectivity index is 2.27. The van der Waals surface area contributed by atoms with Crippen LogP contribution in [0.3, 0.4) is 0 Å². The van der Waals surface area contributed by atoms with E-state index in [4.69, 9.17) is 4.74 Å². The van der Waals surface area contributed by atoms with Gasteiger partial charge in [0.05, 0.1) is 18.9 Å². The molecule has 1 atom stereocenters. The average molecular weight is 324 g/mol. The Morgan fingerprint density at radius 3 is 2.84 bits per heavy atom. The molecule has 0 fully saturated rings. The third kappa shape index (κ3) is 4.08. The molecule has 1 aromatic carbocycles. The van der Waals surface area contributed by atoms with Crippen LogP contribution in [0, 0.1) is 6.92 Å². The number of rotatable bonds is 5. The third-order valence-corrected chi connectivity index (χ3v) is 3.79. The lowest BCUT2D eigenvalue weighted by Gasteiger charge is -2.25. The van der Waals surface area contributed by atoms with Crippen LogP contribution >= 0.6 is 15.9 Å². The molecule has 3 heteroatoms. The average Bonchev–Trinajstić information content (AvgIpc) is 2.39. The molecular weight excluding hydrogens is 302 g/mol. The van der Waals surface area contributed by atoms with Gasteiger partial charge in [-0.1, -0.05) is 28.9 Å². The molecule has 1 aliphatic heterocycles. The summed E-state index contributed by atoms with van der Waals surface area (Å²) in [5.74, 6) is 0. The van der Waals surface area contributed by atoms with Crippen molar-refractivity contribution < 1.29 is 4.74 Å². The summed E-state index contributed by atoms with van der Waals surface area (Å²) in [4.78, 5) is 0. The van der Waals surface area contributed by atoms with E-state index in [9.17, 15) is 0 Å². The number of ether oxygens (including phenoxy) is 1. The highest BCUT2D eigenvalue weighted by Crippen LogP contribution is 2.30. The van der Waals surface area contributed by atoms with Gasteiger partial charge in [0.1, 0.15) is 0 Å². The highest BCUT2D eigenvalue weighted by Gasteiger charge is 2.19. The predicted octanol–water partition coefficient (Wildman–Crippen LogP) is 4.49. The summed E-state index contributed by atoms with van der Waals surface area (Å²) in [6.07, 6.45) is 5.32. The molecule has 1 aromatic rings. The Morgan fingerprint density at radius 1 is 1.37 bits per heavy atom. The summed E-state index contributed by atoms with van der Waals surface area (Å²) >= 11 is 3.59. The van der Waals surface area contributed by atoms with E-state index < -0.39 is 0 Å². The second-order valence-electron chi connectivity index (χ2n) is 5.12. The van der Waals surface area contributed by atoms with E-state index >= 15 is 0 Å². The number of halogens is 1. The monoisotopic (exact) mass is 323 g/mol. The number of nitrogens with one attached hydrogen (secondary N) is 1. The number of benzene rings is 1. The quantitative estimate of drug-likeness (QED) is 0.861. The van der Waals surface area contributed by atoms with Gasteiger partial charge < -0.3 is 10.1 Å². The fourth-order valence-corrected chi connectivity index (χ4v) is 3.11. The lowest BCUT2D eigenvalue weighted by Crippen LogP contribution is -2.25. The second kappa shape index (κ2) is 7.11. The van der Waals surface area contributed by atoms with Gasteiger partial charge >= 0.3 is 0 Å². The minimum atomic E-state index is 0.274. The molecule has 0 radical (unpaired) electrons. The molecular formula is C16H22BrNO.